The standard InChI is InChI=1S/C13H8ClFN2O3/c14-7-3-4-8(10(15)6-7)12(18)17-11-9(13(19)20)2-1-5-16-11/h1-6H,(H,19,20)(H,16,17,18). The number of hydrogen-bond donors (Lipinski definition) is 2. The molecular weight excluding hydrogens is 287 g/mol. The molecule has 2 aromatic rings. The van der Waals surface area contributed by atoms with Gasteiger partial charge in [0.15, 0.2) is 0 Å². The number of aromatic nitrogens is 1. The number of carbonyl (C=O) groups is 2. The number of amides is 1. The second-order valence-electron chi connectivity index (χ2n) is 3.78. The number of carboxylic acids is 1. The molecule has 0 radical (unpaired) electrons. The van der Waals surface area contributed by atoms with Gasteiger partial charge < -0.3 is 10.4 Å². The van der Waals surface area contributed by atoms with Crippen LogP contribution in [0.25, 0.3) is 0 Å². The van der Waals surface area contributed by atoms with Crippen LogP contribution in [0.4, 0.5) is 10.2 Å². The number of hydrogen-bond acceptors (Lipinski definition) is 3. The van der Waals surface area contributed by atoms with Crippen LogP contribution in [0.15, 0.2) is 36.5 Å². The van der Waals surface area contributed by atoms with Gasteiger partial charge in [0, 0.05) is 11.2 Å². The van der Waals surface area contributed by atoms with Crippen LogP contribution < -0.4 is 5.32 Å². The Morgan fingerprint density at radius 1 is 1.25 bits per heavy atom. The van der Waals surface area contributed by atoms with Crippen molar-refractivity contribution in [2.24, 2.45) is 0 Å². The molecule has 1 aromatic heterocycles. The first-order chi connectivity index (χ1) is 9.49. The van der Waals surface area contributed by atoms with Crippen molar-refractivity contribution in [3.8, 4) is 0 Å². The van der Waals surface area contributed by atoms with E-state index in [4.69, 9.17) is 16.7 Å². The fourth-order valence-electron chi connectivity index (χ4n) is 1.53. The van der Waals surface area contributed by atoms with Crippen LogP contribution >= 0.6 is 11.6 Å². The van der Waals surface area contributed by atoms with E-state index in [2.05, 4.69) is 10.3 Å². The fraction of sp³-hybridized carbons (Fsp3) is 0. The second kappa shape index (κ2) is 5.66. The van der Waals surface area contributed by atoms with Crippen molar-refractivity contribution >= 4 is 29.3 Å². The monoisotopic (exact) mass is 294 g/mol. The number of anilines is 1. The Morgan fingerprint density at radius 2 is 2.00 bits per heavy atom. The van der Waals surface area contributed by atoms with E-state index in [9.17, 15) is 14.0 Å². The molecule has 0 spiro atoms. The molecule has 20 heavy (non-hydrogen) atoms. The van der Waals surface area contributed by atoms with E-state index in [1.54, 1.807) is 0 Å². The Balaban J connectivity index is 2.30. The molecule has 0 bridgehead atoms. The lowest BCUT2D eigenvalue weighted by Gasteiger charge is -2.07. The summed E-state index contributed by atoms with van der Waals surface area (Å²) in [6, 6.07) is 6.25. The molecule has 0 aliphatic carbocycles. The van der Waals surface area contributed by atoms with Crippen LogP contribution in [0.5, 0.6) is 0 Å². The maximum absolute atomic E-state index is 13.6. The van der Waals surface area contributed by atoms with Gasteiger partial charge in [0.05, 0.1) is 5.56 Å². The Kier molecular flexibility index (Phi) is 3.95. The first-order valence-corrected chi connectivity index (χ1v) is 5.81. The normalized spacial score (nSPS) is 10.1. The van der Waals surface area contributed by atoms with Gasteiger partial charge >= 0.3 is 5.97 Å². The number of nitrogens with one attached hydrogen (secondary N) is 1. The van der Waals surface area contributed by atoms with Gasteiger partial charge in [-0.3, -0.25) is 4.79 Å². The van der Waals surface area contributed by atoms with Gasteiger partial charge in [-0.25, -0.2) is 14.2 Å². The van der Waals surface area contributed by atoms with Crippen LogP contribution in [0, 0.1) is 5.82 Å². The molecule has 1 heterocycles. The molecule has 0 fully saturated rings. The van der Waals surface area contributed by atoms with Crippen molar-refractivity contribution in [1.82, 2.24) is 4.98 Å². The largest absolute Gasteiger partial charge is 0.478 e. The zero-order valence-electron chi connectivity index (χ0n) is 9.93. The van der Waals surface area contributed by atoms with Crippen molar-refractivity contribution in [3.63, 3.8) is 0 Å². The molecule has 2 rings (SSSR count). The zero-order chi connectivity index (χ0) is 14.7. The average molecular weight is 295 g/mol. The van der Waals surface area contributed by atoms with Gasteiger partial charge in [-0.2, -0.15) is 0 Å². The number of aromatic carboxylic acids is 1. The average Bonchev–Trinajstić information content (AvgIpc) is 2.38. The van der Waals surface area contributed by atoms with E-state index in [0.717, 1.165) is 6.07 Å². The maximum Gasteiger partial charge on any atom is 0.339 e. The number of halogens is 2. The molecule has 7 heteroatoms. The highest BCUT2D eigenvalue weighted by molar-refractivity contribution is 6.30. The summed E-state index contributed by atoms with van der Waals surface area (Å²) in [5, 5.41) is 11.4. The minimum absolute atomic E-state index is 0.153. The zero-order valence-corrected chi connectivity index (χ0v) is 10.7. The molecule has 0 saturated carbocycles. The molecular formula is C13H8ClFN2O3. The molecule has 0 atom stereocenters. The Bertz CT molecular complexity index is 691. The van der Waals surface area contributed by atoms with Crippen LogP contribution in [0.2, 0.25) is 5.02 Å². The topological polar surface area (TPSA) is 79.3 Å². The van der Waals surface area contributed by atoms with E-state index >= 15 is 0 Å². The van der Waals surface area contributed by atoms with Crippen LogP contribution in [-0.2, 0) is 0 Å². The van der Waals surface area contributed by atoms with Gasteiger partial charge in [0.1, 0.15) is 17.2 Å². The molecule has 1 aromatic carbocycles. The van der Waals surface area contributed by atoms with E-state index in [0.29, 0.717) is 0 Å². The Hall–Kier alpha value is -2.47. The van der Waals surface area contributed by atoms with E-state index in [1.807, 2.05) is 0 Å². The predicted molar refractivity (Wildman–Crippen MR) is 70.6 cm³/mol. The lowest BCUT2D eigenvalue weighted by atomic mass is 10.2. The quantitative estimate of drug-likeness (QED) is 0.912. The van der Waals surface area contributed by atoms with E-state index < -0.39 is 17.7 Å². The highest BCUT2D eigenvalue weighted by Gasteiger charge is 2.16. The molecule has 0 unspecified atom stereocenters. The summed E-state index contributed by atoms with van der Waals surface area (Å²) in [5.41, 5.74) is -0.438. The number of nitrogens with zero attached hydrogens (tertiary/aromatic N) is 1. The van der Waals surface area contributed by atoms with Crippen molar-refractivity contribution in [2.45, 2.75) is 0 Å². The molecule has 2 N–H and O–H groups in total. The number of rotatable bonds is 3. The molecule has 0 saturated heterocycles. The van der Waals surface area contributed by atoms with Crippen LogP contribution in [0.1, 0.15) is 20.7 Å². The van der Waals surface area contributed by atoms with Gasteiger partial charge in [-0.15, -0.1) is 0 Å². The second-order valence-corrected chi connectivity index (χ2v) is 4.22. The Morgan fingerprint density at radius 3 is 2.65 bits per heavy atom. The summed E-state index contributed by atoms with van der Waals surface area (Å²) in [6.07, 6.45) is 1.32. The molecule has 1 amide bonds. The summed E-state index contributed by atoms with van der Waals surface area (Å²) in [7, 11) is 0. The van der Waals surface area contributed by atoms with E-state index in [-0.39, 0.29) is 22.0 Å². The fourth-order valence-corrected chi connectivity index (χ4v) is 1.68. The van der Waals surface area contributed by atoms with Crippen molar-refractivity contribution in [3.05, 3.63) is 58.5 Å². The minimum atomic E-state index is -1.25. The first-order valence-electron chi connectivity index (χ1n) is 5.44. The van der Waals surface area contributed by atoms with Gasteiger partial charge in [0.2, 0.25) is 0 Å². The Labute approximate surface area is 118 Å². The summed E-state index contributed by atoms with van der Waals surface area (Å²) >= 11 is 5.59. The molecule has 0 aliphatic heterocycles. The predicted octanol–water partition coefficient (Wildman–Crippen LogP) is 2.82. The first kappa shape index (κ1) is 14.0. The van der Waals surface area contributed by atoms with Gasteiger partial charge in [-0.05, 0) is 30.3 Å². The van der Waals surface area contributed by atoms with Crippen LogP contribution in [-0.4, -0.2) is 22.0 Å². The van der Waals surface area contributed by atoms with Gasteiger partial charge in [0.25, 0.3) is 5.91 Å². The lowest BCUT2D eigenvalue weighted by Crippen LogP contribution is -2.17. The van der Waals surface area contributed by atoms with E-state index in [1.165, 1.54) is 30.5 Å². The number of carboxylic acid groups (broad SMARTS) is 1. The summed E-state index contributed by atoms with van der Waals surface area (Å²) in [6.45, 7) is 0. The SMILES string of the molecule is O=C(Nc1ncccc1C(=O)O)c1ccc(Cl)cc1F. The smallest absolute Gasteiger partial charge is 0.339 e. The third-order valence-electron chi connectivity index (χ3n) is 2.45. The number of pyridine rings is 1. The lowest BCUT2D eigenvalue weighted by molar-refractivity contribution is 0.0697. The third kappa shape index (κ3) is 2.92. The summed E-state index contributed by atoms with van der Waals surface area (Å²) in [4.78, 5) is 26.6. The number of carbonyl (C=O) groups excluding carboxylic acids is 1. The highest BCUT2D eigenvalue weighted by Crippen LogP contribution is 2.17. The summed E-state index contributed by atoms with van der Waals surface area (Å²) in [5.74, 6) is -3.01. The minimum Gasteiger partial charge on any atom is -0.478 e. The number of benzene rings is 1. The third-order valence-corrected chi connectivity index (χ3v) is 2.68. The highest BCUT2D eigenvalue weighted by atomic mass is 35.5. The molecule has 0 aliphatic rings. The summed E-state index contributed by atoms with van der Waals surface area (Å²) < 4.78 is 13.6. The van der Waals surface area contributed by atoms with Crippen molar-refractivity contribution in [2.75, 3.05) is 5.32 Å². The molecule has 5 nitrogen and oxygen atoms in total. The van der Waals surface area contributed by atoms with Crippen molar-refractivity contribution in [1.29, 1.82) is 0 Å². The molecule has 102 valence electrons. The van der Waals surface area contributed by atoms with Gasteiger partial charge in [-0.1, -0.05) is 11.6 Å². The van der Waals surface area contributed by atoms with Crippen LogP contribution in [0.3, 0.4) is 0 Å². The maximum atomic E-state index is 13.6. The van der Waals surface area contributed by atoms with Crippen molar-refractivity contribution < 1.29 is 19.1 Å².